The molecule has 0 spiro atoms. The van der Waals surface area contributed by atoms with E-state index in [2.05, 4.69) is 0 Å². The number of rotatable bonds is 0. The molecule has 0 aliphatic heterocycles. The molecular formula is CH18Mg2O9. The van der Waals surface area contributed by atoms with Gasteiger partial charge in [0.05, 0.1) is 0 Å². The van der Waals surface area contributed by atoms with E-state index >= 15 is 0 Å². The number of carboxylic acid groups (broad SMARTS) is 2. The second-order valence-electron chi connectivity index (χ2n) is 0.283. The van der Waals surface area contributed by atoms with E-state index in [0.29, 0.717) is 0 Å². The smallest absolute Gasteiger partial charge is 0.450 e. The standard InChI is InChI=1S/CH2O3.2Mg.6H2O.4H/c2-1(3)4;;;;;;;;;;;;/h(H2,2,3,4);;;6*1H2;;;;. The molecule has 9 nitrogen and oxygen atoms in total. The predicted molar refractivity (Wildman–Crippen MR) is 49.4 cm³/mol. The van der Waals surface area contributed by atoms with E-state index in [9.17, 15) is 0 Å². The van der Waals surface area contributed by atoms with Crippen molar-refractivity contribution in [1.29, 1.82) is 0 Å². The zero-order chi connectivity index (χ0) is 3.58. The van der Waals surface area contributed by atoms with Gasteiger partial charge >= 0.3 is 52.3 Å². The van der Waals surface area contributed by atoms with Gasteiger partial charge in [-0.05, 0) is 0 Å². The van der Waals surface area contributed by atoms with Crippen LogP contribution in [0.25, 0.3) is 0 Å². The lowest BCUT2D eigenvalue weighted by Crippen LogP contribution is -1.81. The van der Waals surface area contributed by atoms with Crippen LogP contribution in [0.5, 0.6) is 0 Å². The van der Waals surface area contributed by atoms with Crippen molar-refractivity contribution in [2.24, 2.45) is 0 Å². The van der Waals surface area contributed by atoms with Crippen LogP contribution in [0.4, 0.5) is 4.79 Å². The Bertz CT molecular complexity index is 35.5. The first kappa shape index (κ1) is 132. The molecule has 0 aromatic heterocycles. The Hall–Kier alpha value is 0.562. The molecule has 0 aromatic rings. The first-order valence-electron chi connectivity index (χ1n) is 0.651. The number of carbonyl (C=O) groups is 1. The van der Waals surface area contributed by atoms with Gasteiger partial charge in [0.2, 0.25) is 0 Å². The van der Waals surface area contributed by atoms with Gasteiger partial charge in [0.25, 0.3) is 0 Å². The highest BCUT2D eigenvalue weighted by Crippen LogP contribution is 1.42. The lowest BCUT2D eigenvalue weighted by atomic mass is 11.5. The molecule has 0 atom stereocenters. The van der Waals surface area contributed by atoms with Crippen LogP contribution in [-0.2, 0) is 0 Å². The molecule has 0 unspecified atom stereocenters. The normalized spacial score (nSPS) is 2.00. The molecule has 14 N–H and O–H groups in total. The fourth-order valence-electron chi connectivity index (χ4n) is 0. The average Bonchev–Trinajstić information content (AvgIpc) is 0.811. The Morgan fingerprint density at radius 2 is 0.667 bits per heavy atom. The topological polar surface area (TPSA) is 247 Å². The summed E-state index contributed by atoms with van der Waals surface area (Å²) in [7, 11) is 0. The Morgan fingerprint density at radius 1 is 0.667 bits per heavy atom. The van der Waals surface area contributed by atoms with Crippen LogP contribution in [0.3, 0.4) is 0 Å². The summed E-state index contributed by atoms with van der Waals surface area (Å²) in [5.41, 5.74) is 0. The maximum Gasteiger partial charge on any atom is 0.503 e. The molecule has 0 amide bonds. The van der Waals surface area contributed by atoms with E-state index in [0.717, 1.165) is 0 Å². The van der Waals surface area contributed by atoms with Crippen molar-refractivity contribution in [2.45, 2.75) is 0 Å². The minimum atomic E-state index is -1.83. The molecule has 0 fully saturated rings. The van der Waals surface area contributed by atoms with E-state index in [1.165, 1.54) is 0 Å². The van der Waals surface area contributed by atoms with Crippen molar-refractivity contribution >= 4 is 52.3 Å². The molecule has 0 aromatic carbocycles. The second-order valence-corrected chi connectivity index (χ2v) is 0.283. The molecule has 12 heavy (non-hydrogen) atoms. The van der Waals surface area contributed by atoms with Crippen molar-refractivity contribution in [2.75, 3.05) is 0 Å². The zero-order valence-electron chi connectivity index (χ0n) is 4.80. The maximum atomic E-state index is 8.56. The van der Waals surface area contributed by atoms with Crippen LogP contribution in [0.15, 0.2) is 0 Å². The highest BCUT2D eigenvalue weighted by atomic mass is 24.3. The molecule has 0 bridgehead atoms. The van der Waals surface area contributed by atoms with E-state index in [4.69, 9.17) is 15.0 Å². The zero-order valence-corrected chi connectivity index (χ0v) is 4.80. The van der Waals surface area contributed by atoms with Gasteiger partial charge in [-0.15, -0.1) is 0 Å². The van der Waals surface area contributed by atoms with Crippen LogP contribution in [0, 0.1) is 0 Å². The highest BCUT2D eigenvalue weighted by molar-refractivity contribution is 5.76. The van der Waals surface area contributed by atoms with E-state index in [-0.39, 0.29) is 79.0 Å². The molecule has 11 heteroatoms. The van der Waals surface area contributed by atoms with Gasteiger partial charge in [-0.3, -0.25) is 0 Å². The van der Waals surface area contributed by atoms with Gasteiger partial charge in [-0.25, -0.2) is 4.79 Å². The summed E-state index contributed by atoms with van der Waals surface area (Å²) in [6.07, 6.45) is -1.83. The minimum absolute atomic E-state index is 0. The fourth-order valence-corrected chi connectivity index (χ4v) is 0. The Balaban J connectivity index is -0.00000000161. The van der Waals surface area contributed by atoms with E-state index in [1.807, 2.05) is 0 Å². The van der Waals surface area contributed by atoms with Crippen molar-refractivity contribution in [1.82, 2.24) is 0 Å². The van der Waals surface area contributed by atoms with Gasteiger partial charge in [-0.2, -0.15) is 0 Å². The van der Waals surface area contributed by atoms with Crippen LogP contribution >= 0.6 is 0 Å². The summed E-state index contributed by atoms with van der Waals surface area (Å²) >= 11 is 0. The second kappa shape index (κ2) is 102. The van der Waals surface area contributed by atoms with Crippen LogP contribution in [0.1, 0.15) is 0 Å². The van der Waals surface area contributed by atoms with Crippen molar-refractivity contribution < 1.29 is 47.9 Å². The Labute approximate surface area is 99.9 Å². The number of hydrogen-bond donors (Lipinski definition) is 2. The largest absolute Gasteiger partial charge is 0.503 e. The van der Waals surface area contributed by atoms with E-state index < -0.39 is 6.16 Å². The summed E-state index contributed by atoms with van der Waals surface area (Å²) in [5.74, 6) is 0. The first-order chi connectivity index (χ1) is 1.73. The summed E-state index contributed by atoms with van der Waals surface area (Å²) in [6.45, 7) is 0. The van der Waals surface area contributed by atoms with Crippen molar-refractivity contribution in [3.8, 4) is 0 Å². The van der Waals surface area contributed by atoms with Gasteiger partial charge in [0, 0.05) is 0 Å². The minimum Gasteiger partial charge on any atom is -0.450 e. The van der Waals surface area contributed by atoms with Gasteiger partial charge in [0.1, 0.15) is 0 Å². The highest BCUT2D eigenvalue weighted by Gasteiger charge is 1.70. The van der Waals surface area contributed by atoms with Crippen molar-refractivity contribution in [3.63, 3.8) is 0 Å². The molecule has 0 aliphatic carbocycles. The Morgan fingerprint density at radius 3 is 0.667 bits per heavy atom. The third-order valence-corrected chi connectivity index (χ3v) is 0. The molecule has 0 saturated carbocycles. The lowest BCUT2D eigenvalue weighted by molar-refractivity contribution is 0.137. The molecule has 0 radical (unpaired) electrons. The molecule has 80 valence electrons. The third kappa shape index (κ3) is 3050. The third-order valence-electron chi connectivity index (χ3n) is 0. The summed E-state index contributed by atoms with van der Waals surface area (Å²) in [6, 6.07) is 0. The molecular weight excluding hydrogens is 205 g/mol. The average molecular weight is 223 g/mol. The first-order valence-corrected chi connectivity index (χ1v) is 0.651. The Kier molecular flexibility index (Phi) is 1120. The monoisotopic (exact) mass is 222 g/mol. The van der Waals surface area contributed by atoms with Gasteiger partial charge in [-0.1, -0.05) is 0 Å². The molecule has 0 aliphatic rings. The van der Waals surface area contributed by atoms with Gasteiger partial charge < -0.3 is 43.1 Å². The quantitative estimate of drug-likeness (QED) is 0.380. The predicted octanol–water partition coefficient (Wildman–Crippen LogP) is -6.56. The fraction of sp³-hybridized carbons (Fsp3) is 0. The van der Waals surface area contributed by atoms with Crippen LogP contribution in [0.2, 0.25) is 0 Å². The summed E-state index contributed by atoms with van der Waals surface area (Å²) in [4.78, 5) is 8.56. The molecule has 0 rings (SSSR count). The summed E-state index contributed by atoms with van der Waals surface area (Å²) in [5, 5.41) is 13.9. The van der Waals surface area contributed by atoms with Crippen molar-refractivity contribution in [3.05, 3.63) is 0 Å². The number of hydrogen-bond acceptors (Lipinski definition) is 1. The molecule has 0 saturated heterocycles. The summed E-state index contributed by atoms with van der Waals surface area (Å²) < 4.78 is 0. The van der Waals surface area contributed by atoms with Crippen LogP contribution in [-0.4, -0.2) is 95.3 Å². The van der Waals surface area contributed by atoms with Gasteiger partial charge in [0.15, 0.2) is 0 Å². The molecule has 0 heterocycles. The maximum absolute atomic E-state index is 8.56. The van der Waals surface area contributed by atoms with Crippen LogP contribution < -0.4 is 0 Å². The van der Waals surface area contributed by atoms with E-state index in [1.54, 1.807) is 0 Å². The lowest BCUT2D eigenvalue weighted by Gasteiger charge is -1.60. The SMILES string of the molecule is O.O.O.O.O.O.O=C(O)O.[MgH2].[MgH2].